The average Bonchev–Trinajstić information content (AvgIpc) is 2.82. The van der Waals surface area contributed by atoms with E-state index in [1.807, 2.05) is 13.0 Å². The first-order chi connectivity index (χ1) is 8.26. The number of carbonyl (C=O) groups is 1. The van der Waals surface area contributed by atoms with Crippen molar-refractivity contribution in [2.75, 3.05) is 13.7 Å². The molecule has 0 atom stereocenters. The minimum absolute atomic E-state index is 0.398. The number of hydrogen-bond donors (Lipinski definition) is 0. The highest BCUT2D eigenvalue weighted by Gasteiger charge is 2.13. The van der Waals surface area contributed by atoms with Crippen LogP contribution in [-0.2, 0) is 4.74 Å². The maximum absolute atomic E-state index is 11.5. The molecule has 17 heavy (non-hydrogen) atoms. The van der Waals surface area contributed by atoms with Crippen molar-refractivity contribution in [3.8, 4) is 5.75 Å². The predicted molar refractivity (Wildman–Crippen MR) is 63.3 cm³/mol. The number of hydrogen-bond acceptors (Lipinski definition) is 4. The summed E-state index contributed by atoms with van der Waals surface area (Å²) in [5, 5.41) is 0.867. The van der Waals surface area contributed by atoms with Gasteiger partial charge in [-0.15, -0.1) is 0 Å². The molecule has 0 fully saturated rings. The van der Waals surface area contributed by atoms with Gasteiger partial charge in [-0.1, -0.05) is 6.92 Å². The van der Waals surface area contributed by atoms with E-state index in [-0.39, 0.29) is 0 Å². The van der Waals surface area contributed by atoms with E-state index in [4.69, 9.17) is 9.15 Å². The lowest BCUT2D eigenvalue weighted by atomic mass is 10.1. The molecule has 0 saturated carbocycles. The van der Waals surface area contributed by atoms with Gasteiger partial charge in [-0.3, -0.25) is 0 Å². The number of ether oxygens (including phenoxy) is 2. The Bertz CT molecular complexity index is 527. The Morgan fingerprint density at radius 1 is 1.41 bits per heavy atom. The van der Waals surface area contributed by atoms with E-state index in [0.29, 0.717) is 23.5 Å². The summed E-state index contributed by atoms with van der Waals surface area (Å²) in [5.41, 5.74) is 1.06. The lowest BCUT2D eigenvalue weighted by Gasteiger charge is -2.07. The van der Waals surface area contributed by atoms with Crippen molar-refractivity contribution < 1.29 is 18.7 Å². The van der Waals surface area contributed by atoms with Crippen LogP contribution in [0.15, 0.2) is 28.9 Å². The van der Waals surface area contributed by atoms with E-state index in [9.17, 15) is 4.79 Å². The summed E-state index contributed by atoms with van der Waals surface area (Å²) in [7, 11) is 1.35. The third-order valence-electron chi connectivity index (χ3n) is 2.42. The van der Waals surface area contributed by atoms with Gasteiger partial charge in [0.05, 0.1) is 30.9 Å². The number of fused-ring (bicyclic) bond motifs is 1. The minimum Gasteiger partial charge on any atom is -0.493 e. The van der Waals surface area contributed by atoms with Gasteiger partial charge in [0.1, 0.15) is 11.3 Å². The lowest BCUT2D eigenvalue weighted by molar-refractivity contribution is 0.0600. The summed E-state index contributed by atoms with van der Waals surface area (Å²) < 4.78 is 15.6. The van der Waals surface area contributed by atoms with Crippen molar-refractivity contribution in [3.63, 3.8) is 0 Å². The van der Waals surface area contributed by atoms with Gasteiger partial charge in [0.2, 0.25) is 0 Å². The van der Waals surface area contributed by atoms with E-state index in [1.165, 1.54) is 7.11 Å². The molecule has 4 nitrogen and oxygen atoms in total. The van der Waals surface area contributed by atoms with Gasteiger partial charge in [-0.05, 0) is 24.6 Å². The molecule has 2 aromatic rings. The van der Waals surface area contributed by atoms with Gasteiger partial charge in [0, 0.05) is 0 Å². The monoisotopic (exact) mass is 234 g/mol. The molecule has 1 heterocycles. The molecule has 0 spiro atoms. The summed E-state index contributed by atoms with van der Waals surface area (Å²) in [5.74, 6) is 0.253. The van der Waals surface area contributed by atoms with Crippen LogP contribution in [0.4, 0.5) is 0 Å². The Morgan fingerprint density at radius 3 is 2.94 bits per heavy atom. The Balaban J connectivity index is 2.46. The fourth-order valence-corrected chi connectivity index (χ4v) is 1.61. The van der Waals surface area contributed by atoms with Crippen molar-refractivity contribution in [3.05, 3.63) is 30.0 Å². The van der Waals surface area contributed by atoms with Crippen LogP contribution in [0.3, 0.4) is 0 Å². The number of carbonyl (C=O) groups excluding carboxylic acids is 1. The molecule has 0 radical (unpaired) electrons. The molecule has 0 bridgehead atoms. The van der Waals surface area contributed by atoms with Gasteiger partial charge in [0.25, 0.3) is 0 Å². The fraction of sp³-hybridized carbons (Fsp3) is 0.308. The zero-order valence-electron chi connectivity index (χ0n) is 9.86. The van der Waals surface area contributed by atoms with Crippen molar-refractivity contribution in [1.29, 1.82) is 0 Å². The van der Waals surface area contributed by atoms with Gasteiger partial charge in [0.15, 0.2) is 0 Å². The molecule has 90 valence electrons. The van der Waals surface area contributed by atoms with Crippen molar-refractivity contribution >= 4 is 16.9 Å². The smallest absolute Gasteiger partial charge is 0.338 e. The first-order valence-corrected chi connectivity index (χ1v) is 5.48. The molecule has 0 aliphatic heterocycles. The number of methoxy groups -OCH3 is 1. The van der Waals surface area contributed by atoms with Crippen molar-refractivity contribution in [2.45, 2.75) is 13.3 Å². The molecule has 2 rings (SSSR count). The number of rotatable bonds is 4. The molecule has 1 aromatic heterocycles. The molecule has 0 saturated heterocycles. The van der Waals surface area contributed by atoms with E-state index in [0.717, 1.165) is 11.8 Å². The van der Waals surface area contributed by atoms with Crippen LogP contribution < -0.4 is 4.74 Å². The Morgan fingerprint density at radius 2 is 2.24 bits per heavy atom. The highest BCUT2D eigenvalue weighted by molar-refractivity contribution is 5.96. The number of esters is 1. The molecule has 0 unspecified atom stereocenters. The largest absolute Gasteiger partial charge is 0.493 e. The minimum atomic E-state index is -0.398. The predicted octanol–water partition coefficient (Wildman–Crippen LogP) is 3.01. The summed E-state index contributed by atoms with van der Waals surface area (Å²) in [6.07, 6.45) is 2.48. The second-order valence-electron chi connectivity index (χ2n) is 3.65. The molecule has 4 heteroatoms. The molecule has 0 amide bonds. The normalized spacial score (nSPS) is 10.5. The Kier molecular flexibility index (Phi) is 3.32. The first-order valence-electron chi connectivity index (χ1n) is 5.48. The van der Waals surface area contributed by atoms with E-state index in [2.05, 4.69) is 4.74 Å². The van der Waals surface area contributed by atoms with E-state index < -0.39 is 5.97 Å². The topological polar surface area (TPSA) is 48.7 Å². The Hall–Kier alpha value is -1.97. The number of furan rings is 1. The maximum Gasteiger partial charge on any atom is 0.338 e. The molecule has 0 N–H and O–H groups in total. The first kappa shape index (κ1) is 11.5. The summed E-state index contributed by atoms with van der Waals surface area (Å²) in [4.78, 5) is 11.5. The molecule has 0 aliphatic carbocycles. The van der Waals surface area contributed by atoms with Crippen molar-refractivity contribution in [1.82, 2.24) is 0 Å². The van der Waals surface area contributed by atoms with Crippen LogP contribution in [0.25, 0.3) is 11.0 Å². The van der Waals surface area contributed by atoms with Crippen LogP contribution in [-0.4, -0.2) is 19.7 Å². The third-order valence-corrected chi connectivity index (χ3v) is 2.42. The van der Waals surface area contributed by atoms with Crippen molar-refractivity contribution in [2.24, 2.45) is 0 Å². The average molecular weight is 234 g/mol. The quantitative estimate of drug-likeness (QED) is 0.763. The van der Waals surface area contributed by atoms with Gasteiger partial charge in [-0.25, -0.2) is 4.79 Å². The van der Waals surface area contributed by atoms with E-state index in [1.54, 1.807) is 18.4 Å². The second kappa shape index (κ2) is 4.91. The van der Waals surface area contributed by atoms with Crippen LogP contribution in [0.1, 0.15) is 23.7 Å². The SMILES string of the molecule is CCCOc1cc(C(=O)OC)cc2occc12. The molecular formula is C13H14O4. The molecular weight excluding hydrogens is 220 g/mol. The van der Waals surface area contributed by atoms with Crippen LogP contribution in [0.5, 0.6) is 5.75 Å². The number of benzene rings is 1. The summed E-state index contributed by atoms with van der Waals surface area (Å²) >= 11 is 0. The van der Waals surface area contributed by atoms with Gasteiger partial charge in [-0.2, -0.15) is 0 Å². The third kappa shape index (κ3) is 2.25. The highest BCUT2D eigenvalue weighted by atomic mass is 16.5. The zero-order valence-corrected chi connectivity index (χ0v) is 9.86. The highest BCUT2D eigenvalue weighted by Crippen LogP contribution is 2.29. The summed E-state index contributed by atoms with van der Waals surface area (Å²) in [6, 6.07) is 5.15. The standard InChI is InChI=1S/C13H14O4/c1-3-5-16-11-7-9(13(14)15-2)8-12-10(11)4-6-17-12/h4,6-8H,3,5H2,1-2H3. The lowest BCUT2D eigenvalue weighted by Crippen LogP contribution is -2.02. The zero-order chi connectivity index (χ0) is 12.3. The Labute approximate surface area is 99.1 Å². The van der Waals surface area contributed by atoms with Crippen LogP contribution >= 0.6 is 0 Å². The van der Waals surface area contributed by atoms with Gasteiger partial charge >= 0.3 is 5.97 Å². The molecule has 0 aliphatic rings. The maximum atomic E-state index is 11.5. The van der Waals surface area contributed by atoms with Crippen LogP contribution in [0, 0.1) is 0 Å². The fourth-order valence-electron chi connectivity index (χ4n) is 1.61. The second-order valence-corrected chi connectivity index (χ2v) is 3.65. The molecule has 1 aromatic carbocycles. The van der Waals surface area contributed by atoms with Gasteiger partial charge < -0.3 is 13.9 Å². The van der Waals surface area contributed by atoms with Crippen LogP contribution in [0.2, 0.25) is 0 Å². The van der Waals surface area contributed by atoms with E-state index >= 15 is 0 Å². The summed E-state index contributed by atoms with van der Waals surface area (Å²) in [6.45, 7) is 2.63.